The van der Waals surface area contributed by atoms with Gasteiger partial charge in [0.1, 0.15) is 0 Å². The van der Waals surface area contributed by atoms with Crippen LogP contribution in [0.2, 0.25) is 0 Å². The van der Waals surface area contributed by atoms with Gasteiger partial charge in [-0.15, -0.1) is 0 Å². The van der Waals surface area contributed by atoms with Gasteiger partial charge in [-0.2, -0.15) is 0 Å². The molecule has 1 amide bonds. The Labute approximate surface area is 153 Å². The fraction of sp³-hybridized carbons (Fsp3) is 0.111. The van der Waals surface area contributed by atoms with E-state index in [0.29, 0.717) is 10.1 Å². The molecular weight excluding hydrogens is 419 g/mol. The van der Waals surface area contributed by atoms with Crippen LogP contribution >= 0.6 is 34.4 Å². The van der Waals surface area contributed by atoms with Gasteiger partial charge in [0.25, 0.3) is 5.91 Å². The average Bonchev–Trinajstić information content (AvgIpc) is 2.77. The molecule has 116 valence electrons. The fourth-order valence-corrected chi connectivity index (χ4v) is 3.77. The molecule has 0 unspecified atom stereocenters. The average molecular weight is 434 g/mol. The number of aryl methyl sites for hydroxylation is 2. The van der Waals surface area contributed by atoms with Crippen molar-refractivity contribution in [2.75, 3.05) is 0 Å². The van der Waals surface area contributed by atoms with Crippen molar-refractivity contribution in [3.8, 4) is 0 Å². The molecule has 0 aromatic heterocycles. The molecule has 1 aliphatic rings. The quantitative estimate of drug-likeness (QED) is 0.545. The van der Waals surface area contributed by atoms with E-state index in [2.05, 4.69) is 39.0 Å². The molecule has 1 heterocycles. The molecule has 2 aromatic carbocycles. The molecule has 3 nitrogen and oxygen atoms in total. The number of halogens is 1. The van der Waals surface area contributed by atoms with Crippen molar-refractivity contribution in [3.05, 3.63) is 67.6 Å². The number of amidine groups is 1. The summed E-state index contributed by atoms with van der Waals surface area (Å²) in [6, 6.07) is 14.2. The molecule has 0 bridgehead atoms. The number of rotatable bonds is 2. The van der Waals surface area contributed by atoms with Crippen molar-refractivity contribution in [2.45, 2.75) is 13.8 Å². The Hall–Kier alpha value is -1.60. The summed E-state index contributed by atoms with van der Waals surface area (Å²) in [6.45, 7) is 4.08. The van der Waals surface area contributed by atoms with Crippen LogP contribution in [0.15, 0.2) is 52.4 Å². The Bertz CT molecular complexity index is 822. The Kier molecular flexibility index (Phi) is 4.87. The number of nitrogens with one attached hydrogen (secondary N) is 1. The lowest BCUT2D eigenvalue weighted by molar-refractivity contribution is -0.115. The highest BCUT2D eigenvalue weighted by atomic mass is 127. The van der Waals surface area contributed by atoms with Gasteiger partial charge in [0.2, 0.25) is 0 Å². The van der Waals surface area contributed by atoms with E-state index in [1.54, 1.807) is 0 Å². The SMILES string of the molecule is Cc1cc(C)cc(N=C2NC(=O)C(=Cc3cccc(I)c3)S2)c1. The molecule has 5 heteroatoms. The van der Waals surface area contributed by atoms with E-state index in [-0.39, 0.29) is 5.91 Å². The molecule has 0 aliphatic carbocycles. The van der Waals surface area contributed by atoms with Crippen molar-refractivity contribution in [2.24, 2.45) is 4.99 Å². The normalized spacial score (nSPS) is 17.8. The predicted molar refractivity (Wildman–Crippen MR) is 106 cm³/mol. The largest absolute Gasteiger partial charge is 0.300 e. The summed E-state index contributed by atoms with van der Waals surface area (Å²) in [5.74, 6) is -0.100. The van der Waals surface area contributed by atoms with Gasteiger partial charge in [0.05, 0.1) is 10.6 Å². The van der Waals surface area contributed by atoms with Crippen LogP contribution in [-0.2, 0) is 4.79 Å². The third-order valence-corrected chi connectivity index (χ3v) is 4.82. The summed E-state index contributed by atoms with van der Waals surface area (Å²) in [7, 11) is 0. The smallest absolute Gasteiger partial charge is 0.264 e. The highest BCUT2D eigenvalue weighted by Crippen LogP contribution is 2.28. The number of aliphatic imine (C=N–C) groups is 1. The molecule has 0 atom stereocenters. The van der Waals surface area contributed by atoms with Crippen LogP contribution in [0.5, 0.6) is 0 Å². The van der Waals surface area contributed by atoms with E-state index in [9.17, 15) is 4.79 Å². The summed E-state index contributed by atoms with van der Waals surface area (Å²) in [4.78, 5) is 17.3. The summed E-state index contributed by atoms with van der Waals surface area (Å²) >= 11 is 3.64. The number of hydrogen-bond acceptors (Lipinski definition) is 3. The zero-order valence-electron chi connectivity index (χ0n) is 12.8. The van der Waals surface area contributed by atoms with Crippen LogP contribution in [-0.4, -0.2) is 11.1 Å². The molecule has 3 rings (SSSR count). The van der Waals surface area contributed by atoms with Gasteiger partial charge in [-0.3, -0.25) is 4.79 Å². The van der Waals surface area contributed by atoms with Gasteiger partial charge in [-0.05, 0) is 95.2 Å². The van der Waals surface area contributed by atoms with E-state index in [1.165, 1.54) is 11.8 Å². The summed E-state index contributed by atoms with van der Waals surface area (Å²) in [5.41, 5.74) is 4.20. The van der Waals surface area contributed by atoms with Crippen LogP contribution < -0.4 is 5.32 Å². The van der Waals surface area contributed by atoms with Crippen molar-refractivity contribution in [1.29, 1.82) is 0 Å². The second kappa shape index (κ2) is 6.88. The lowest BCUT2D eigenvalue weighted by Crippen LogP contribution is -2.19. The molecule has 1 aliphatic heterocycles. The van der Waals surface area contributed by atoms with Crippen LogP contribution in [0.25, 0.3) is 6.08 Å². The third kappa shape index (κ3) is 4.23. The maximum absolute atomic E-state index is 12.1. The second-order valence-electron chi connectivity index (χ2n) is 5.38. The topological polar surface area (TPSA) is 41.5 Å². The number of amides is 1. The Morgan fingerprint density at radius 3 is 2.57 bits per heavy atom. The summed E-state index contributed by atoms with van der Waals surface area (Å²) in [6.07, 6.45) is 1.90. The zero-order chi connectivity index (χ0) is 16.4. The van der Waals surface area contributed by atoms with Crippen molar-refractivity contribution < 1.29 is 4.79 Å². The highest BCUT2D eigenvalue weighted by Gasteiger charge is 2.23. The zero-order valence-corrected chi connectivity index (χ0v) is 15.7. The predicted octanol–water partition coefficient (Wildman–Crippen LogP) is 4.80. The monoisotopic (exact) mass is 434 g/mol. The fourth-order valence-electron chi connectivity index (χ4n) is 2.36. The van der Waals surface area contributed by atoms with Crippen molar-refractivity contribution in [1.82, 2.24) is 5.32 Å². The van der Waals surface area contributed by atoms with Gasteiger partial charge in [-0.25, -0.2) is 4.99 Å². The lowest BCUT2D eigenvalue weighted by atomic mass is 10.1. The molecule has 2 aromatic rings. The number of benzene rings is 2. The second-order valence-corrected chi connectivity index (χ2v) is 7.66. The number of hydrogen-bond donors (Lipinski definition) is 1. The molecule has 0 radical (unpaired) electrons. The molecule has 1 saturated heterocycles. The third-order valence-electron chi connectivity index (χ3n) is 3.23. The Balaban J connectivity index is 1.86. The van der Waals surface area contributed by atoms with E-state index in [1.807, 2.05) is 56.3 Å². The number of thioether (sulfide) groups is 1. The van der Waals surface area contributed by atoms with Crippen LogP contribution in [0.4, 0.5) is 5.69 Å². The number of carbonyl (C=O) groups excluding carboxylic acids is 1. The van der Waals surface area contributed by atoms with Gasteiger partial charge < -0.3 is 5.32 Å². The lowest BCUT2D eigenvalue weighted by Gasteiger charge is -2.00. The molecule has 0 spiro atoms. The minimum Gasteiger partial charge on any atom is -0.300 e. The van der Waals surface area contributed by atoms with Crippen LogP contribution in [0.3, 0.4) is 0 Å². The molecule has 0 saturated carbocycles. The molecular formula is C18H15IN2OS. The first-order valence-electron chi connectivity index (χ1n) is 7.13. The number of nitrogens with zero attached hydrogens (tertiary/aromatic N) is 1. The van der Waals surface area contributed by atoms with E-state index in [4.69, 9.17) is 0 Å². The Morgan fingerprint density at radius 1 is 1.13 bits per heavy atom. The van der Waals surface area contributed by atoms with Gasteiger partial charge >= 0.3 is 0 Å². The summed E-state index contributed by atoms with van der Waals surface area (Å²) < 4.78 is 1.14. The number of carbonyl (C=O) groups is 1. The summed E-state index contributed by atoms with van der Waals surface area (Å²) in [5, 5.41) is 3.45. The van der Waals surface area contributed by atoms with Gasteiger partial charge in [-0.1, -0.05) is 18.2 Å². The first-order chi connectivity index (χ1) is 11.0. The van der Waals surface area contributed by atoms with Crippen LogP contribution in [0.1, 0.15) is 16.7 Å². The maximum atomic E-state index is 12.1. The minimum atomic E-state index is -0.100. The van der Waals surface area contributed by atoms with E-state index >= 15 is 0 Å². The highest BCUT2D eigenvalue weighted by molar-refractivity contribution is 14.1. The van der Waals surface area contributed by atoms with Gasteiger partial charge in [0.15, 0.2) is 5.17 Å². The molecule has 1 fully saturated rings. The minimum absolute atomic E-state index is 0.100. The van der Waals surface area contributed by atoms with Crippen LogP contribution in [0, 0.1) is 17.4 Å². The standard InChI is InChI=1S/C18H15IN2OS/c1-11-6-12(2)8-15(7-11)20-18-21-17(22)16(23-18)10-13-4-3-5-14(19)9-13/h3-10H,1-2H3,(H,20,21,22). The van der Waals surface area contributed by atoms with Gasteiger partial charge in [0, 0.05) is 3.57 Å². The van der Waals surface area contributed by atoms with E-state index in [0.717, 1.165) is 25.9 Å². The first kappa shape index (κ1) is 16.3. The first-order valence-corrected chi connectivity index (χ1v) is 9.02. The molecule has 1 N–H and O–H groups in total. The van der Waals surface area contributed by atoms with Crippen molar-refractivity contribution in [3.63, 3.8) is 0 Å². The van der Waals surface area contributed by atoms with Crippen molar-refractivity contribution >= 4 is 57.2 Å². The Morgan fingerprint density at radius 2 is 1.87 bits per heavy atom. The maximum Gasteiger partial charge on any atom is 0.264 e. The van der Waals surface area contributed by atoms with E-state index < -0.39 is 0 Å². The molecule has 23 heavy (non-hydrogen) atoms.